The van der Waals surface area contributed by atoms with Crippen molar-refractivity contribution in [2.24, 2.45) is 29.6 Å². The van der Waals surface area contributed by atoms with Crippen LogP contribution >= 0.6 is 15.9 Å². The van der Waals surface area contributed by atoms with E-state index in [1.54, 1.807) is 32.1 Å². The molecule has 3 aliphatic carbocycles. The van der Waals surface area contributed by atoms with Gasteiger partial charge in [-0.3, -0.25) is 0 Å². The van der Waals surface area contributed by atoms with Crippen LogP contribution < -0.4 is 0 Å². The summed E-state index contributed by atoms with van der Waals surface area (Å²) in [4.78, 5) is 0.839. The van der Waals surface area contributed by atoms with Crippen LogP contribution in [-0.4, -0.2) is 4.83 Å². The maximum Gasteiger partial charge on any atom is 0.0148 e. The number of hydrogen-bond acceptors (Lipinski definition) is 0. The molecular formula is C19H33Br. The molecule has 1 heteroatoms. The minimum atomic E-state index is 0.839. The van der Waals surface area contributed by atoms with Crippen molar-refractivity contribution in [1.82, 2.24) is 0 Å². The zero-order valence-electron chi connectivity index (χ0n) is 13.3. The van der Waals surface area contributed by atoms with E-state index in [-0.39, 0.29) is 0 Å². The second-order valence-corrected chi connectivity index (χ2v) is 9.31. The first-order valence-electron chi connectivity index (χ1n) is 9.42. The molecule has 0 N–H and O–H groups in total. The lowest BCUT2D eigenvalue weighted by molar-refractivity contribution is 0.0119. The molecule has 6 atom stereocenters. The Hall–Kier alpha value is 0.480. The monoisotopic (exact) mass is 340 g/mol. The number of hydrogen-bond donors (Lipinski definition) is 0. The van der Waals surface area contributed by atoms with Gasteiger partial charge in [-0.15, -0.1) is 0 Å². The van der Waals surface area contributed by atoms with Crippen molar-refractivity contribution >= 4 is 15.9 Å². The molecule has 3 fully saturated rings. The van der Waals surface area contributed by atoms with Crippen molar-refractivity contribution in [1.29, 1.82) is 0 Å². The Labute approximate surface area is 134 Å². The van der Waals surface area contributed by atoms with Crippen LogP contribution in [0.1, 0.15) is 84.0 Å². The largest absolute Gasteiger partial charge is 0.0891 e. The molecule has 0 saturated heterocycles. The Morgan fingerprint density at radius 3 is 2.25 bits per heavy atom. The summed E-state index contributed by atoms with van der Waals surface area (Å²) >= 11 is 3.88. The molecule has 0 bridgehead atoms. The van der Waals surface area contributed by atoms with Gasteiger partial charge in [0, 0.05) is 4.83 Å². The SMILES string of the molecule is CCCCCC1CCC2C(CCC3CC(Br)CCC32)C1. The van der Waals surface area contributed by atoms with E-state index >= 15 is 0 Å². The van der Waals surface area contributed by atoms with Crippen LogP contribution in [0.4, 0.5) is 0 Å². The van der Waals surface area contributed by atoms with Crippen LogP contribution in [0.2, 0.25) is 0 Å². The summed E-state index contributed by atoms with van der Waals surface area (Å²) in [7, 11) is 0. The molecule has 0 aromatic heterocycles. The Morgan fingerprint density at radius 2 is 1.50 bits per heavy atom. The van der Waals surface area contributed by atoms with E-state index in [0.717, 1.165) is 34.4 Å². The highest BCUT2D eigenvalue weighted by Crippen LogP contribution is 2.53. The lowest BCUT2D eigenvalue weighted by Gasteiger charge is -2.50. The van der Waals surface area contributed by atoms with Gasteiger partial charge in [0.2, 0.25) is 0 Å². The molecule has 0 aliphatic heterocycles. The van der Waals surface area contributed by atoms with Crippen LogP contribution in [0.15, 0.2) is 0 Å². The second-order valence-electron chi connectivity index (χ2n) is 8.01. The van der Waals surface area contributed by atoms with Crippen LogP contribution in [-0.2, 0) is 0 Å². The van der Waals surface area contributed by atoms with Gasteiger partial charge in [0.1, 0.15) is 0 Å². The molecular weight excluding hydrogens is 308 g/mol. The normalized spacial score (nSPS) is 44.7. The average molecular weight is 341 g/mol. The molecule has 0 radical (unpaired) electrons. The van der Waals surface area contributed by atoms with E-state index in [1.807, 2.05) is 0 Å². The summed E-state index contributed by atoms with van der Waals surface area (Å²) in [6, 6.07) is 0. The first-order valence-corrected chi connectivity index (χ1v) is 10.3. The first-order chi connectivity index (χ1) is 9.78. The summed E-state index contributed by atoms with van der Waals surface area (Å²) in [6.45, 7) is 2.33. The number of alkyl halides is 1. The quantitative estimate of drug-likeness (QED) is 0.400. The summed E-state index contributed by atoms with van der Waals surface area (Å²) in [5.41, 5.74) is 0. The van der Waals surface area contributed by atoms with Crippen molar-refractivity contribution in [3.63, 3.8) is 0 Å². The second kappa shape index (κ2) is 7.16. The molecule has 0 spiro atoms. The summed E-state index contributed by atoms with van der Waals surface area (Å²) in [5.74, 6) is 5.51. The maximum atomic E-state index is 3.88. The average Bonchev–Trinajstić information content (AvgIpc) is 2.47. The van der Waals surface area contributed by atoms with E-state index < -0.39 is 0 Å². The molecule has 116 valence electrons. The smallest absolute Gasteiger partial charge is 0.0148 e. The summed E-state index contributed by atoms with van der Waals surface area (Å²) in [6.07, 6.45) is 18.2. The lowest BCUT2D eigenvalue weighted by Crippen LogP contribution is -2.41. The van der Waals surface area contributed by atoms with Crippen LogP contribution in [0.5, 0.6) is 0 Å². The molecule has 0 aromatic carbocycles. The third kappa shape index (κ3) is 3.45. The Morgan fingerprint density at radius 1 is 0.800 bits per heavy atom. The molecule has 0 heterocycles. The lowest BCUT2D eigenvalue weighted by atomic mass is 9.56. The Balaban J connectivity index is 1.52. The molecule has 3 saturated carbocycles. The van der Waals surface area contributed by atoms with Crippen LogP contribution in [0, 0.1) is 29.6 Å². The third-order valence-corrected chi connectivity index (χ3v) is 7.63. The topological polar surface area (TPSA) is 0 Å². The fourth-order valence-corrected chi connectivity index (χ4v) is 6.52. The standard InChI is InChI=1S/C19H33Br/c1-2-3-4-5-14-6-10-18-15(12-14)7-8-16-13-17(20)9-11-19(16)18/h14-19H,2-13H2,1H3. The van der Waals surface area contributed by atoms with Crippen molar-refractivity contribution in [2.45, 2.75) is 88.8 Å². The minimum absolute atomic E-state index is 0.839. The fourth-order valence-electron chi connectivity index (χ4n) is 5.78. The highest BCUT2D eigenvalue weighted by Gasteiger charge is 2.43. The summed E-state index contributed by atoms with van der Waals surface area (Å²) in [5, 5.41) is 0. The van der Waals surface area contributed by atoms with Gasteiger partial charge >= 0.3 is 0 Å². The van der Waals surface area contributed by atoms with Gasteiger partial charge in [0.05, 0.1) is 0 Å². The van der Waals surface area contributed by atoms with Crippen molar-refractivity contribution < 1.29 is 0 Å². The third-order valence-electron chi connectivity index (χ3n) is 6.80. The Bertz CT molecular complexity index is 300. The predicted octanol–water partition coefficient (Wildman–Crippen LogP) is 6.57. The number of fused-ring (bicyclic) bond motifs is 3. The van der Waals surface area contributed by atoms with Gasteiger partial charge in [0.15, 0.2) is 0 Å². The Kier molecular flexibility index (Phi) is 5.51. The molecule has 0 amide bonds. The zero-order valence-corrected chi connectivity index (χ0v) is 14.9. The molecule has 20 heavy (non-hydrogen) atoms. The van der Waals surface area contributed by atoms with Crippen molar-refractivity contribution in [2.75, 3.05) is 0 Å². The molecule has 3 rings (SSSR count). The number of unbranched alkanes of at least 4 members (excludes halogenated alkanes) is 2. The molecule has 0 nitrogen and oxygen atoms in total. The van der Waals surface area contributed by atoms with Gasteiger partial charge in [0.25, 0.3) is 0 Å². The van der Waals surface area contributed by atoms with Gasteiger partial charge in [-0.05, 0) is 74.5 Å². The molecule has 6 unspecified atom stereocenters. The first kappa shape index (κ1) is 15.4. The predicted molar refractivity (Wildman–Crippen MR) is 91.2 cm³/mol. The van der Waals surface area contributed by atoms with Crippen LogP contribution in [0.3, 0.4) is 0 Å². The fraction of sp³-hybridized carbons (Fsp3) is 1.00. The van der Waals surface area contributed by atoms with Crippen LogP contribution in [0.25, 0.3) is 0 Å². The van der Waals surface area contributed by atoms with E-state index in [9.17, 15) is 0 Å². The van der Waals surface area contributed by atoms with Crippen molar-refractivity contribution in [3.05, 3.63) is 0 Å². The van der Waals surface area contributed by atoms with Gasteiger partial charge in [-0.2, -0.15) is 0 Å². The minimum Gasteiger partial charge on any atom is -0.0891 e. The van der Waals surface area contributed by atoms with Gasteiger partial charge in [-0.25, -0.2) is 0 Å². The van der Waals surface area contributed by atoms with Crippen molar-refractivity contribution in [3.8, 4) is 0 Å². The maximum absolute atomic E-state index is 3.88. The van der Waals surface area contributed by atoms with E-state index in [2.05, 4.69) is 22.9 Å². The van der Waals surface area contributed by atoms with E-state index in [1.165, 1.54) is 44.9 Å². The molecule has 0 aromatic rings. The number of halogens is 1. The van der Waals surface area contributed by atoms with Gasteiger partial charge in [-0.1, -0.05) is 55.0 Å². The van der Waals surface area contributed by atoms with E-state index in [4.69, 9.17) is 0 Å². The zero-order chi connectivity index (χ0) is 13.9. The van der Waals surface area contributed by atoms with Gasteiger partial charge < -0.3 is 0 Å². The number of rotatable bonds is 4. The highest BCUT2D eigenvalue weighted by molar-refractivity contribution is 9.09. The highest BCUT2D eigenvalue weighted by atomic mass is 79.9. The molecule has 3 aliphatic rings. The summed E-state index contributed by atoms with van der Waals surface area (Å²) < 4.78 is 0. The van der Waals surface area contributed by atoms with E-state index in [0.29, 0.717) is 0 Å².